The van der Waals surface area contributed by atoms with Crippen molar-refractivity contribution in [3.05, 3.63) is 11.9 Å². The first-order valence-electron chi connectivity index (χ1n) is 2.11. The van der Waals surface area contributed by atoms with Crippen molar-refractivity contribution < 1.29 is 19.5 Å². The topological polar surface area (TPSA) is 58.9 Å². The van der Waals surface area contributed by atoms with E-state index in [4.69, 9.17) is 10.0 Å². The van der Waals surface area contributed by atoms with E-state index >= 15 is 0 Å². The summed E-state index contributed by atoms with van der Waals surface area (Å²) >= 11 is 0. The summed E-state index contributed by atoms with van der Waals surface area (Å²) in [5, 5.41) is 16.7. The first-order chi connectivity index (χ1) is 3.80. The molecule has 1 heterocycles. The van der Waals surface area contributed by atoms with Gasteiger partial charge in [0, 0.05) is 0 Å². The molecule has 0 fully saturated rings. The van der Waals surface area contributed by atoms with Crippen molar-refractivity contribution in [3.63, 3.8) is 0 Å². The molecule has 0 amide bonds. The van der Waals surface area contributed by atoms with Crippen LogP contribution in [-0.2, 0) is 9.47 Å². The van der Waals surface area contributed by atoms with Crippen molar-refractivity contribution in [2.24, 2.45) is 0 Å². The summed E-state index contributed by atoms with van der Waals surface area (Å²) < 4.78 is 9.07. The molecule has 2 N–H and O–H groups in total. The Morgan fingerprint density at radius 3 is 2.62 bits per heavy atom. The molecule has 0 unspecified atom stereocenters. The zero-order valence-electron chi connectivity index (χ0n) is 4.07. The molecule has 0 aromatic carbocycles. The minimum Gasteiger partial charge on any atom is -0.462 e. The second-order valence-electron chi connectivity index (χ2n) is 1.32. The van der Waals surface area contributed by atoms with Crippen LogP contribution in [-0.4, -0.2) is 24.0 Å². The van der Waals surface area contributed by atoms with Crippen molar-refractivity contribution in [2.75, 3.05) is 6.79 Å². The molecule has 1 aliphatic rings. The van der Waals surface area contributed by atoms with E-state index in [1.807, 2.05) is 0 Å². The highest BCUT2D eigenvalue weighted by Crippen LogP contribution is 2.05. The molecule has 0 atom stereocenters. The molecule has 0 radical (unpaired) electrons. The number of hydrogen-bond acceptors (Lipinski definition) is 4. The number of rotatable bonds is 1. The summed E-state index contributed by atoms with van der Waals surface area (Å²) in [5.41, 5.74) is 0.0602. The lowest BCUT2D eigenvalue weighted by Crippen LogP contribution is -2.15. The van der Waals surface area contributed by atoms with Gasteiger partial charge in [0.15, 0.2) is 5.66 Å². The van der Waals surface area contributed by atoms with Crippen molar-refractivity contribution in [3.8, 4) is 0 Å². The van der Waals surface area contributed by atoms with Crippen molar-refractivity contribution in [1.82, 2.24) is 0 Å². The van der Waals surface area contributed by atoms with Gasteiger partial charge in [-0.2, -0.15) is 0 Å². The van der Waals surface area contributed by atoms with Gasteiger partial charge in [-0.25, -0.2) is 0 Å². The lowest BCUT2D eigenvalue weighted by molar-refractivity contribution is 0.0834. The normalized spacial score (nSPS) is 16.5. The maximum atomic E-state index is 8.33. The fourth-order valence-electron chi connectivity index (χ4n) is 0.388. The third-order valence-corrected chi connectivity index (χ3v) is 0.748. The Kier molecular flexibility index (Phi) is 1.41. The molecular formula is C3H5BO4. The average Bonchev–Trinajstić information content (AvgIpc) is 2.12. The van der Waals surface area contributed by atoms with Crippen molar-refractivity contribution >= 4 is 7.12 Å². The Hall–Kier alpha value is -0.675. The Bertz CT molecular complexity index is 110. The second-order valence-corrected chi connectivity index (χ2v) is 1.32. The minimum absolute atomic E-state index is 0.0602. The molecule has 0 aromatic rings. The van der Waals surface area contributed by atoms with Crippen LogP contribution in [0, 0.1) is 0 Å². The second kappa shape index (κ2) is 2.06. The Morgan fingerprint density at radius 1 is 1.62 bits per heavy atom. The predicted octanol–water partition coefficient (Wildman–Crippen LogP) is -1.16. The van der Waals surface area contributed by atoms with Gasteiger partial charge in [0.2, 0.25) is 6.79 Å². The zero-order chi connectivity index (χ0) is 5.98. The van der Waals surface area contributed by atoms with E-state index in [9.17, 15) is 0 Å². The zero-order valence-corrected chi connectivity index (χ0v) is 4.07. The molecular weight excluding hydrogens is 111 g/mol. The fraction of sp³-hybridized carbons (Fsp3) is 0.333. The van der Waals surface area contributed by atoms with E-state index < -0.39 is 7.12 Å². The first kappa shape index (κ1) is 5.46. The van der Waals surface area contributed by atoms with Gasteiger partial charge in [-0.3, -0.25) is 0 Å². The van der Waals surface area contributed by atoms with Crippen molar-refractivity contribution in [2.45, 2.75) is 0 Å². The monoisotopic (exact) mass is 116 g/mol. The van der Waals surface area contributed by atoms with Crippen LogP contribution >= 0.6 is 0 Å². The summed E-state index contributed by atoms with van der Waals surface area (Å²) in [5.74, 6) is 0. The first-order valence-corrected chi connectivity index (χ1v) is 2.11. The largest absolute Gasteiger partial charge is 0.529 e. The summed E-state index contributed by atoms with van der Waals surface area (Å²) in [4.78, 5) is 0. The highest BCUT2D eigenvalue weighted by atomic mass is 16.7. The van der Waals surface area contributed by atoms with Crippen LogP contribution in [0.4, 0.5) is 0 Å². The lowest BCUT2D eigenvalue weighted by atomic mass is 9.89. The van der Waals surface area contributed by atoms with Gasteiger partial charge in [-0.1, -0.05) is 0 Å². The molecule has 8 heavy (non-hydrogen) atoms. The molecule has 44 valence electrons. The van der Waals surface area contributed by atoms with Crippen molar-refractivity contribution in [1.29, 1.82) is 0 Å². The maximum absolute atomic E-state index is 8.33. The third kappa shape index (κ3) is 0.934. The van der Waals surface area contributed by atoms with Gasteiger partial charge < -0.3 is 19.5 Å². The van der Waals surface area contributed by atoms with Crippen LogP contribution in [0.25, 0.3) is 0 Å². The van der Waals surface area contributed by atoms with E-state index in [1.54, 1.807) is 0 Å². The van der Waals surface area contributed by atoms with E-state index in [1.165, 1.54) is 6.26 Å². The van der Waals surface area contributed by atoms with E-state index in [2.05, 4.69) is 9.47 Å². The molecule has 0 saturated heterocycles. The highest BCUT2D eigenvalue weighted by Gasteiger charge is 2.20. The molecule has 0 aliphatic carbocycles. The molecule has 1 rings (SSSR count). The Balaban J connectivity index is 2.45. The quantitative estimate of drug-likeness (QED) is 0.424. The Morgan fingerprint density at radius 2 is 2.38 bits per heavy atom. The smallest absolute Gasteiger partial charge is 0.462 e. The van der Waals surface area contributed by atoms with Crippen LogP contribution in [0.2, 0.25) is 0 Å². The number of ether oxygens (including phenoxy) is 2. The lowest BCUT2D eigenvalue weighted by Gasteiger charge is -1.95. The standard InChI is InChI=1S/C3H5BO4/c5-4(6)3-1-7-2-8-3/h1,5-6H,2H2. The minimum atomic E-state index is -1.54. The van der Waals surface area contributed by atoms with Gasteiger partial charge >= 0.3 is 7.12 Å². The number of hydrogen-bond donors (Lipinski definition) is 2. The Labute approximate surface area is 46.5 Å². The summed E-state index contributed by atoms with van der Waals surface area (Å²) in [6.45, 7) is 0.0763. The molecule has 0 bridgehead atoms. The van der Waals surface area contributed by atoms with Crippen LogP contribution < -0.4 is 0 Å². The molecule has 4 nitrogen and oxygen atoms in total. The third-order valence-electron chi connectivity index (χ3n) is 0.748. The van der Waals surface area contributed by atoms with E-state index in [0.29, 0.717) is 0 Å². The average molecular weight is 116 g/mol. The maximum Gasteiger partial charge on any atom is 0.529 e. The van der Waals surface area contributed by atoms with Gasteiger partial charge in [0.1, 0.15) is 6.26 Å². The van der Waals surface area contributed by atoms with Gasteiger partial charge in [-0.15, -0.1) is 0 Å². The summed E-state index contributed by atoms with van der Waals surface area (Å²) in [6.07, 6.45) is 1.17. The van der Waals surface area contributed by atoms with E-state index in [0.717, 1.165) is 0 Å². The fourth-order valence-corrected chi connectivity index (χ4v) is 0.388. The van der Waals surface area contributed by atoms with Crippen LogP contribution in [0.5, 0.6) is 0 Å². The molecule has 0 spiro atoms. The van der Waals surface area contributed by atoms with Gasteiger partial charge in [0.25, 0.3) is 0 Å². The molecule has 0 aromatic heterocycles. The van der Waals surface area contributed by atoms with Gasteiger partial charge in [0.05, 0.1) is 0 Å². The van der Waals surface area contributed by atoms with Crippen LogP contribution in [0.15, 0.2) is 11.9 Å². The highest BCUT2D eigenvalue weighted by molar-refractivity contribution is 6.49. The summed E-state index contributed by atoms with van der Waals surface area (Å²) in [6, 6.07) is 0. The van der Waals surface area contributed by atoms with Crippen LogP contribution in [0.3, 0.4) is 0 Å². The SMILES string of the molecule is OB(O)C1=COCO1. The van der Waals surface area contributed by atoms with E-state index in [-0.39, 0.29) is 12.5 Å². The van der Waals surface area contributed by atoms with Gasteiger partial charge in [-0.05, 0) is 0 Å². The summed E-state index contributed by atoms with van der Waals surface area (Å²) in [7, 11) is -1.54. The molecule has 5 heteroatoms. The van der Waals surface area contributed by atoms with Crippen LogP contribution in [0.1, 0.15) is 0 Å². The molecule has 1 aliphatic heterocycles. The molecule has 0 saturated carbocycles. The predicted molar refractivity (Wildman–Crippen MR) is 25.3 cm³/mol.